The van der Waals surface area contributed by atoms with E-state index in [1.54, 1.807) is 11.3 Å². The average molecular weight is 288 g/mol. The minimum atomic E-state index is -0.534. The number of anilines is 1. The van der Waals surface area contributed by atoms with Gasteiger partial charge in [0.15, 0.2) is 0 Å². The zero-order valence-electron chi connectivity index (χ0n) is 12.0. The molecule has 1 heterocycles. The van der Waals surface area contributed by atoms with Crippen molar-refractivity contribution in [3.05, 3.63) is 41.8 Å². The average Bonchev–Trinajstić information content (AvgIpc) is 2.91. The van der Waals surface area contributed by atoms with Crippen LogP contribution < -0.4 is 11.1 Å². The van der Waals surface area contributed by atoms with Crippen molar-refractivity contribution in [2.24, 2.45) is 11.1 Å². The molecular weight excluding hydrogens is 268 g/mol. The molecular formula is C16H20N2OS. The molecule has 20 heavy (non-hydrogen) atoms. The Morgan fingerprint density at radius 1 is 1.25 bits per heavy atom. The van der Waals surface area contributed by atoms with E-state index in [2.05, 4.69) is 11.4 Å². The summed E-state index contributed by atoms with van der Waals surface area (Å²) in [6.45, 7) is 5.87. The summed E-state index contributed by atoms with van der Waals surface area (Å²) < 4.78 is 0. The number of benzene rings is 1. The minimum Gasteiger partial charge on any atom is -0.325 e. The van der Waals surface area contributed by atoms with Gasteiger partial charge in [-0.15, -0.1) is 11.3 Å². The fraction of sp³-hybridized carbons (Fsp3) is 0.312. The third-order valence-corrected chi connectivity index (χ3v) is 4.07. The molecule has 0 radical (unpaired) electrons. The van der Waals surface area contributed by atoms with Gasteiger partial charge in [0.1, 0.15) is 0 Å². The van der Waals surface area contributed by atoms with Gasteiger partial charge in [0, 0.05) is 10.6 Å². The molecule has 1 aromatic carbocycles. The molecule has 2 rings (SSSR count). The van der Waals surface area contributed by atoms with Gasteiger partial charge in [0.2, 0.25) is 5.91 Å². The summed E-state index contributed by atoms with van der Waals surface area (Å²) in [5.41, 5.74) is 7.59. The van der Waals surface area contributed by atoms with Gasteiger partial charge in [-0.25, -0.2) is 0 Å². The number of hydrogen-bond acceptors (Lipinski definition) is 3. The van der Waals surface area contributed by atoms with Gasteiger partial charge in [-0.05, 0) is 34.6 Å². The van der Waals surface area contributed by atoms with Crippen LogP contribution in [0.3, 0.4) is 0 Å². The van der Waals surface area contributed by atoms with E-state index in [0.29, 0.717) is 0 Å². The second-order valence-electron chi connectivity index (χ2n) is 5.89. The molecule has 4 heteroatoms. The van der Waals surface area contributed by atoms with E-state index in [1.807, 2.05) is 56.5 Å². The Balaban J connectivity index is 2.15. The molecule has 106 valence electrons. The van der Waals surface area contributed by atoms with Crippen LogP contribution >= 0.6 is 11.3 Å². The van der Waals surface area contributed by atoms with Crippen LogP contribution in [0.5, 0.6) is 0 Å². The Hall–Kier alpha value is -1.65. The molecule has 0 aliphatic heterocycles. The van der Waals surface area contributed by atoms with E-state index in [-0.39, 0.29) is 11.3 Å². The molecule has 1 amide bonds. The van der Waals surface area contributed by atoms with Gasteiger partial charge < -0.3 is 11.1 Å². The zero-order chi connectivity index (χ0) is 14.8. The molecule has 0 spiro atoms. The predicted octanol–water partition coefficient (Wildman–Crippen LogP) is 3.73. The van der Waals surface area contributed by atoms with Crippen LogP contribution in [0, 0.1) is 5.41 Å². The van der Waals surface area contributed by atoms with E-state index in [0.717, 1.165) is 11.3 Å². The van der Waals surface area contributed by atoms with Crippen LogP contribution in [-0.2, 0) is 4.79 Å². The first-order valence-electron chi connectivity index (χ1n) is 6.58. The van der Waals surface area contributed by atoms with Crippen molar-refractivity contribution in [1.29, 1.82) is 0 Å². The van der Waals surface area contributed by atoms with Crippen LogP contribution in [0.15, 0.2) is 41.8 Å². The first-order chi connectivity index (χ1) is 9.38. The van der Waals surface area contributed by atoms with Gasteiger partial charge in [-0.2, -0.15) is 0 Å². The molecule has 0 saturated carbocycles. The number of carbonyl (C=O) groups is 1. The number of nitrogens with two attached hydrogens (primary N) is 1. The maximum absolute atomic E-state index is 12.1. The standard InChI is InChI=1S/C16H20N2OS/c1-16(2,3)14(17)15(19)18-12-7-4-6-11(10-12)13-8-5-9-20-13/h4-10,14H,17H2,1-3H3,(H,18,19)/t14-/m1/s1. The van der Waals surface area contributed by atoms with Crippen LogP contribution in [0.1, 0.15) is 20.8 Å². The molecule has 1 atom stereocenters. The highest BCUT2D eigenvalue weighted by atomic mass is 32.1. The smallest absolute Gasteiger partial charge is 0.241 e. The number of carbonyl (C=O) groups excluding carboxylic acids is 1. The van der Waals surface area contributed by atoms with Gasteiger partial charge >= 0.3 is 0 Å². The van der Waals surface area contributed by atoms with Crippen molar-refractivity contribution >= 4 is 22.9 Å². The summed E-state index contributed by atoms with van der Waals surface area (Å²) in [5, 5.41) is 4.93. The fourth-order valence-electron chi connectivity index (χ4n) is 1.81. The molecule has 3 N–H and O–H groups in total. The Kier molecular flexibility index (Phi) is 4.26. The third-order valence-electron chi connectivity index (χ3n) is 3.15. The Morgan fingerprint density at radius 3 is 2.60 bits per heavy atom. The van der Waals surface area contributed by atoms with Crippen molar-refractivity contribution in [2.45, 2.75) is 26.8 Å². The largest absolute Gasteiger partial charge is 0.325 e. The third kappa shape index (κ3) is 3.46. The number of thiophene rings is 1. The van der Waals surface area contributed by atoms with Crippen LogP contribution in [-0.4, -0.2) is 11.9 Å². The summed E-state index contributed by atoms with van der Waals surface area (Å²) in [6.07, 6.45) is 0. The van der Waals surface area contributed by atoms with Gasteiger partial charge in [-0.1, -0.05) is 39.0 Å². The Labute approximate surface area is 123 Å². The number of rotatable bonds is 3. The maximum Gasteiger partial charge on any atom is 0.241 e. The number of nitrogens with one attached hydrogen (secondary N) is 1. The monoisotopic (exact) mass is 288 g/mol. The topological polar surface area (TPSA) is 55.1 Å². The lowest BCUT2D eigenvalue weighted by Gasteiger charge is -2.25. The predicted molar refractivity (Wildman–Crippen MR) is 85.8 cm³/mol. The highest BCUT2D eigenvalue weighted by Gasteiger charge is 2.27. The molecule has 3 nitrogen and oxygen atoms in total. The summed E-state index contributed by atoms with van der Waals surface area (Å²) in [4.78, 5) is 13.3. The molecule has 0 aliphatic carbocycles. The molecule has 0 unspecified atom stereocenters. The molecule has 1 aromatic heterocycles. The summed E-state index contributed by atoms with van der Waals surface area (Å²) in [7, 11) is 0. The van der Waals surface area contributed by atoms with Gasteiger partial charge in [0.05, 0.1) is 6.04 Å². The first kappa shape index (κ1) is 14.8. The first-order valence-corrected chi connectivity index (χ1v) is 7.46. The van der Waals surface area contributed by atoms with E-state index in [9.17, 15) is 4.79 Å². The van der Waals surface area contributed by atoms with E-state index >= 15 is 0 Å². The van der Waals surface area contributed by atoms with Crippen molar-refractivity contribution in [3.63, 3.8) is 0 Å². The highest BCUT2D eigenvalue weighted by Crippen LogP contribution is 2.27. The van der Waals surface area contributed by atoms with Crippen molar-refractivity contribution in [2.75, 3.05) is 5.32 Å². The lowest BCUT2D eigenvalue weighted by Crippen LogP contribution is -2.45. The summed E-state index contributed by atoms with van der Waals surface area (Å²) in [6, 6.07) is 11.4. The van der Waals surface area contributed by atoms with Crippen molar-refractivity contribution in [1.82, 2.24) is 0 Å². The number of hydrogen-bond donors (Lipinski definition) is 2. The normalized spacial score (nSPS) is 13.0. The minimum absolute atomic E-state index is 0.152. The van der Waals surface area contributed by atoms with Crippen LogP contribution in [0.4, 0.5) is 5.69 Å². The molecule has 0 fully saturated rings. The second kappa shape index (κ2) is 5.77. The Morgan fingerprint density at radius 2 is 2.00 bits per heavy atom. The lowest BCUT2D eigenvalue weighted by molar-refractivity contribution is -0.119. The van der Waals surface area contributed by atoms with E-state index in [4.69, 9.17) is 5.73 Å². The van der Waals surface area contributed by atoms with Crippen LogP contribution in [0.25, 0.3) is 10.4 Å². The molecule has 0 saturated heterocycles. The van der Waals surface area contributed by atoms with Gasteiger partial charge in [0.25, 0.3) is 0 Å². The van der Waals surface area contributed by atoms with Gasteiger partial charge in [-0.3, -0.25) is 4.79 Å². The Bertz CT molecular complexity index is 585. The molecule has 2 aromatic rings. The van der Waals surface area contributed by atoms with Crippen LogP contribution in [0.2, 0.25) is 0 Å². The quantitative estimate of drug-likeness (QED) is 0.904. The van der Waals surface area contributed by atoms with Crippen molar-refractivity contribution in [3.8, 4) is 10.4 Å². The molecule has 0 aliphatic rings. The molecule has 0 bridgehead atoms. The summed E-state index contributed by atoms with van der Waals surface area (Å²) >= 11 is 1.68. The SMILES string of the molecule is CC(C)(C)[C@H](N)C(=O)Nc1cccc(-c2cccs2)c1. The highest BCUT2D eigenvalue weighted by molar-refractivity contribution is 7.13. The summed E-state index contributed by atoms with van der Waals surface area (Å²) in [5.74, 6) is -0.152. The zero-order valence-corrected chi connectivity index (χ0v) is 12.8. The lowest BCUT2D eigenvalue weighted by atomic mass is 9.87. The van der Waals surface area contributed by atoms with Crippen molar-refractivity contribution < 1.29 is 4.79 Å². The van der Waals surface area contributed by atoms with E-state index in [1.165, 1.54) is 4.88 Å². The second-order valence-corrected chi connectivity index (χ2v) is 6.84. The number of amides is 1. The maximum atomic E-state index is 12.1. The fourth-order valence-corrected chi connectivity index (χ4v) is 2.53. The van der Waals surface area contributed by atoms with E-state index < -0.39 is 6.04 Å².